The fraction of sp³-hybridized carbons (Fsp3) is 0.588. The molecule has 2 heterocycles. The third-order valence-electron chi connectivity index (χ3n) is 7.91. The molecule has 0 bridgehead atoms. The van der Waals surface area contributed by atoms with Gasteiger partial charge in [-0.3, -0.25) is 24.0 Å². The van der Waals surface area contributed by atoms with E-state index < -0.39 is 47.4 Å². The molecule has 2 aliphatic rings. The zero-order chi connectivity index (χ0) is 35.4. The molecule has 3 atom stereocenters. The number of hydrogen-bond acceptors (Lipinski definition) is 8. The average molecular weight is 689 g/mol. The number of nitrogens with one attached hydrogen (secondary N) is 4. The zero-order valence-electron chi connectivity index (χ0n) is 28.5. The summed E-state index contributed by atoms with van der Waals surface area (Å²) in [5.74, 6) is -3.02. The Morgan fingerprint density at radius 2 is 1.67 bits per heavy atom. The van der Waals surface area contributed by atoms with Crippen LogP contribution in [-0.4, -0.2) is 96.9 Å². The number of amides is 5. The monoisotopic (exact) mass is 688 g/mol. The SMILES string of the molecule is CC(C)[C@@H](NC(=O)OC(C)(C)C)C(=O)N1CCN(c2ccc(Cl)cc2)[C@@H](C(=O)N[C@@H]2CC=CCCCCC(=O)NCCNC(=O)C2=O)C1. The van der Waals surface area contributed by atoms with Gasteiger partial charge in [0.25, 0.3) is 5.91 Å². The molecule has 14 heteroatoms. The van der Waals surface area contributed by atoms with Gasteiger partial charge < -0.3 is 35.8 Å². The number of halogens is 1. The molecule has 1 saturated heterocycles. The molecule has 0 spiro atoms. The van der Waals surface area contributed by atoms with E-state index in [9.17, 15) is 28.8 Å². The number of allylic oxidation sites excluding steroid dienone is 1. The number of nitrogens with zero attached hydrogens (tertiary/aromatic N) is 2. The van der Waals surface area contributed by atoms with Crippen molar-refractivity contribution in [1.29, 1.82) is 0 Å². The fourth-order valence-electron chi connectivity index (χ4n) is 5.40. The number of carbonyl (C=O) groups excluding carboxylic acids is 6. The minimum atomic E-state index is -1.16. The van der Waals surface area contributed by atoms with Crippen molar-refractivity contribution in [1.82, 2.24) is 26.2 Å². The van der Waals surface area contributed by atoms with Gasteiger partial charge in [-0.2, -0.15) is 0 Å². The van der Waals surface area contributed by atoms with Crippen LogP contribution in [0.1, 0.15) is 66.7 Å². The molecule has 0 saturated carbocycles. The number of hydrogen-bond donors (Lipinski definition) is 4. The van der Waals surface area contributed by atoms with Crippen molar-refractivity contribution < 1.29 is 33.5 Å². The number of piperazine rings is 1. The number of ketones is 1. The Kier molecular flexibility index (Phi) is 14.3. The van der Waals surface area contributed by atoms with E-state index in [1.807, 2.05) is 11.0 Å². The molecule has 0 unspecified atom stereocenters. The third-order valence-corrected chi connectivity index (χ3v) is 8.16. The molecular weight excluding hydrogens is 640 g/mol. The lowest BCUT2D eigenvalue weighted by Crippen LogP contribution is -2.64. The van der Waals surface area contributed by atoms with E-state index in [0.29, 0.717) is 30.0 Å². The van der Waals surface area contributed by atoms with Crippen LogP contribution < -0.4 is 26.2 Å². The van der Waals surface area contributed by atoms with E-state index in [2.05, 4.69) is 21.3 Å². The predicted octanol–water partition coefficient (Wildman–Crippen LogP) is 2.71. The maximum Gasteiger partial charge on any atom is 0.408 e. The van der Waals surface area contributed by atoms with Gasteiger partial charge in [-0.25, -0.2) is 4.79 Å². The molecular formula is C34H49ClN6O7. The summed E-state index contributed by atoms with van der Waals surface area (Å²) in [4.78, 5) is 81.9. The van der Waals surface area contributed by atoms with Crippen molar-refractivity contribution >= 4 is 52.8 Å². The van der Waals surface area contributed by atoms with Crippen molar-refractivity contribution in [2.45, 2.75) is 90.4 Å². The Morgan fingerprint density at radius 3 is 2.33 bits per heavy atom. The molecule has 1 fully saturated rings. The number of rotatable bonds is 6. The first kappa shape index (κ1) is 38.3. The highest BCUT2D eigenvalue weighted by atomic mass is 35.5. The summed E-state index contributed by atoms with van der Waals surface area (Å²) in [6, 6.07) is 3.92. The summed E-state index contributed by atoms with van der Waals surface area (Å²) in [5.41, 5.74) is -0.0700. The van der Waals surface area contributed by atoms with E-state index in [0.717, 1.165) is 6.42 Å². The van der Waals surface area contributed by atoms with Gasteiger partial charge in [-0.15, -0.1) is 0 Å². The van der Waals surface area contributed by atoms with Crippen LogP contribution in [0.25, 0.3) is 0 Å². The second kappa shape index (κ2) is 17.9. The predicted molar refractivity (Wildman–Crippen MR) is 182 cm³/mol. The maximum absolute atomic E-state index is 14.1. The van der Waals surface area contributed by atoms with Gasteiger partial charge in [0, 0.05) is 43.3 Å². The molecule has 48 heavy (non-hydrogen) atoms. The summed E-state index contributed by atoms with van der Waals surface area (Å²) in [6.45, 7) is 9.52. The Hall–Kier alpha value is -4.13. The third kappa shape index (κ3) is 11.8. The zero-order valence-corrected chi connectivity index (χ0v) is 29.2. The number of benzene rings is 1. The largest absolute Gasteiger partial charge is 0.444 e. The topological polar surface area (TPSA) is 166 Å². The Labute approximate surface area is 287 Å². The van der Waals surface area contributed by atoms with Crippen LogP contribution in [0, 0.1) is 5.92 Å². The Bertz CT molecular complexity index is 1340. The summed E-state index contributed by atoms with van der Waals surface area (Å²) in [7, 11) is 0. The first-order valence-electron chi connectivity index (χ1n) is 16.5. The number of ether oxygens (including phenoxy) is 1. The minimum absolute atomic E-state index is 0.0465. The van der Waals surface area contributed by atoms with Crippen LogP contribution in [0.4, 0.5) is 10.5 Å². The van der Waals surface area contributed by atoms with Crippen molar-refractivity contribution in [3.8, 4) is 0 Å². The lowest BCUT2D eigenvalue weighted by Gasteiger charge is -2.43. The normalized spacial score (nSPS) is 20.9. The first-order chi connectivity index (χ1) is 22.7. The van der Waals surface area contributed by atoms with Crippen LogP contribution in [0.3, 0.4) is 0 Å². The lowest BCUT2D eigenvalue weighted by molar-refractivity contribution is -0.140. The standard InChI is InChI=1S/C34H49ClN6O7/c1-22(2)28(39-33(47)48-34(3,4)5)32(46)40-19-20-41(24-15-13-23(35)14-16-24)26(21-40)30(44)38-25-11-9-7-6-8-10-12-27(42)36-17-18-37-31(45)29(25)43/h7,9,13-16,22,25-26,28H,6,8,10-12,17-21H2,1-5H3,(H,36,42)(H,37,45)(H,38,44)(H,39,47)/t25-,26-,28-/m1/s1. The summed E-state index contributed by atoms with van der Waals surface area (Å²) < 4.78 is 5.39. The molecule has 4 N–H and O–H groups in total. The minimum Gasteiger partial charge on any atom is -0.444 e. The molecule has 0 radical (unpaired) electrons. The molecule has 2 aliphatic heterocycles. The molecule has 0 aromatic heterocycles. The second-order valence-corrected chi connectivity index (χ2v) is 13.8. The number of alkyl carbamates (subject to hydrolysis) is 1. The van der Waals surface area contributed by atoms with Crippen molar-refractivity contribution in [2.75, 3.05) is 37.6 Å². The summed E-state index contributed by atoms with van der Waals surface area (Å²) >= 11 is 6.13. The van der Waals surface area contributed by atoms with Crippen LogP contribution in [0.2, 0.25) is 5.02 Å². The Morgan fingerprint density at radius 1 is 0.979 bits per heavy atom. The van der Waals surface area contributed by atoms with E-state index in [1.165, 1.54) is 4.90 Å². The van der Waals surface area contributed by atoms with Gasteiger partial charge in [-0.05, 0) is 76.6 Å². The molecule has 0 aliphatic carbocycles. The van der Waals surface area contributed by atoms with Gasteiger partial charge in [0.05, 0.1) is 6.54 Å². The fourth-order valence-corrected chi connectivity index (χ4v) is 5.53. The molecule has 1 aromatic rings. The lowest BCUT2D eigenvalue weighted by atomic mass is 10.0. The van der Waals surface area contributed by atoms with Crippen LogP contribution in [0.5, 0.6) is 0 Å². The average Bonchev–Trinajstić information content (AvgIpc) is 3.03. The van der Waals surface area contributed by atoms with Crippen LogP contribution in [0.15, 0.2) is 36.4 Å². The number of Topliss-reactive ketones (excluding diaryl/α,β-unsaturated/α-hetero) is 1. The molecule has 5 amide bonds. The molecule has 13 nitrogen and oxygen atoms in total. The number of anilines is 1. The van der Waals surface area contributed by atoms with Crippen molar-refractivity contribution in [3.05, 3.63) is 41.4 Å². The van der Waals surface area contributed by atoms with Crippen LogP contribution >= 0.6 is 11.6 Å². The maximum atomic E-state index is 14.1. The van der Waals surface area contributed by atoms with E-state index >= 15 is 0 Å². The van der Waals surface area contributed by atoms with E-state index in [-0.39, 0.29) is 56.9 Å². The smallest absolute Gasteiger partial charge is 0.408 e. The number of carbonyl (C=O) groups is 6. The highest BCUT2D eigenvalue weighted by Gasteiger charge is 2.39. The van der Waals surface area contributed by atoms with E-state index in [1.54, 1.807) is 65.0 Å². The molecule has 3 rings (SSSR count). The van der Waals surface area contributed by atoms with Gasteiger partial charge in [0.1, 0.15) is 23.7 Å². The van der Waals surface area contributed by atoms with E-state index in [4.69, 9.17) is 16.3 Å². The second-order valence-electron chi connectivity index (χ2n) is 13.3. The van der Waals surface area contributed by atoms with Gasteiger partial charge >= 0.3 is 6.09 Å². The summed E-state index contributed by atoms with van der Waals surface area (Å²) in [5, 5.41) is 11.2. The molecule has 264 valence electrons. The molecule has 1 aromatic carbocycles. The van der Waals surface area contributed by atoms with Gasteiger partial charge in [0.2, 0.25) is 23.5 Å². The summed E-state index contributed by atoms with van der Waals surface area (Å²) in [6.07, 6.45) is 5.50. The van der Waals surface area contributed by atoms with Crippen molar-refractivity contribution in [2.24, 2.45) is 5.92 Å². The van der Waals surface area contributed by atoms with Gasteiger partial charge in [0.15, 0.2) is 0 Å². The Balaban J connectivity index is 1.85. The quantitative estimate of drug-likeness (QED) is 0.262. The van der Waals surface area contributed by atoms with Gasteiger partial charge in [-0.1, -0.05) is 37.6 Å². The van der Waals surface area contributed by atoms with Crippen LogP contribution in [-0.2, 0) is 28.7 Å². The highest BCUT2D eigenvalue weighted by Crippen LogP contribution is 2.24. The first-order valence-corrected chi connectivity index (χ1v) is 16.9. The van der Waals surface area contributed by atoms with Crippen molar-refractivity contribution in [3.63, 3.8) is 0 Å². The highest BCUT2D eigenvalue weighted by molar-refractivity contribution is 6.38.